The van der Waals surface area contributed by atoms with Crippen molar-refractivity contribution in [2.75, 3.05) is 26.1 Å². The van der Waals surface area contributed by atoms with E-state index in [4.69, 9.17) is 9.47 Å². The molecule has 0 saturated heterocycles. The third-order valence-corrected chi connectivity index (χ3v) is 3.50. The molecule has 3 N–H and O–H groups in total. The standard InChI is InChI=1S/C18H20N2O5/c1-24-14-7-8-16(25-2)15(11-14)20-18(23)17(22)19-10-9-12-3-5-13(21)6-4-12/h3-8,11,21H,9-10H2,1-2H3,(H,19,22)(H,20,23). The average molecular weight is 344 g/mol. The summed E-state index contributed by atoms with van der Waals surface area (Å²) in [6, 6.07) is 11.5. The topological polar surface area (TPSA) is 96.9 Å². The van der Waals surface area contributed by atoms with Gasteiger partial charge in [-0.15, -0.1) is 0 Å². The number of carbonyl (C=O) groups is 2. The minimum Gasteiger partial charge on any atom is -0.508 e. The van der Waals surface area contributed by atoms with Crippen molar-refractivity contribution in [3.63, 3.8) is 0 Å². The summed E-state index contributed by atoms with van der Waals surface area (Å²) in [5, 5.41) is 14.3. The van der Waals surface area contributed by atoms with Crippen LogP contribution in [-0.4, -0.2) is 37.7 Å². The van der Waals surface area contributed by atoms with Gasteiger partial charge < -0.3 is 25.2 Å². The van der Waals surface area contributed by atoms with Gasteiger partial charge in [-0.1, -0.05) is 12.1 Å². The van der Waals surface area contributed by atoms with Crippen molar-refractivity contribution in [2.24, 2.45) is 0 Å². The van der Waals surface area contributed by atoms with Gasteiger partial charge in [-0.05, 0) is 36.2 Å². The Morgan fingerprint density at radius 3 is 2.36 bits per heavy atom. The minimum absolute atomic E-state index is 0.180. The van der Waals surface area contributed by atoms with E-state index in [9.17, 15) is 14.7 Å². The molecule has 0 aliphatic carbocycles. The van der Waals surface area contributed by atoms with Gasteiger partial charge in [-0.2, -0.15) is 0 Å². The molecule has 0 fully saturated rings. The average Bonchev–Trinajstić information content (AvgIpc) is 2.63. The smallest absolute Gasteiger partial charge is 0.313 e. The number of anilines is 1. The van der Waals surface area contributed by atoms with E-state index in [1.165, 1.54) is 14.2 Å². The van der Waals surface area contributed by atoms with Crippen molar-refractivity contribution in [1.82, 2.24) is 5.32 Å². The third-order valence-electron chi connectivity index (χ3n) is 3.50. The van der Waals surface area contributed by atoms with Crippen LogP contribution in [0.3, 0.4) is 0 Å². The van der Waals surface area contributed by atoms with Gasteiger partial charge >= 0.3 is 11.8 Å². The van der Waals surface area contributed by atoms with Crippen LogP contribution in [-0.2, 0) is 16.0 Å². The molecule has 0 radical (unpaired) electrons. The summed E-state index contributed by atoms with van der Waals surface area (Å²) in [6.45, 7) is 0.298. The number of carbonyl (C=O) groups excluding carboxylic acids is 2. The molecule has 132 valence electrons. The van der Waals surface area contributed by atoms with Crippen LogP contribution < -0.4 is 20.1 Å². The predicted octanol–water partition coefficient (Wildman–Crippen LogP) is 1.71. The fraction of sp³-hybridized carbons (Fsp3) is 0.222. The van der Waals surface area contributed by atoms with Gasteiger partial charge in [-0.3, -0.25) is 9.59 Å². The summed E-state index contributed by atoms with van der Waals surface area (Å²) in [6.07, 6.45) is 0.543. The van der Waals surface area contributed by atoms with Crippen LogP contribution in [0.5, 0.6) is 17.2 Å². The van der Waals surface area contributed by atoms with Gasteiger partial charge in [0.15, 0.2) is 0 Å². The zero-order valence-electron chi connectivity index (χ0n) is 14.0. The number of aromatic hydroxyl groups is 1. The molecule has 7 heteroatoms. The Labute approximate surface area is 145 Å². The first-order chi connectivity index (χ1) is 12.0. The molecule has 2 aromatic rings. The zero-order chi connectivity index (χ0) is 18.2. The van der Waals surface area contributed by atoms with Gasteiger partial charge in [0, 0.05) is 12.6 Å². The number of ether oxygens (including phenoxy) is 2. The van der Waals surface area contributed by atoms with Crippen molar-refractivity contribution in [3.05, 3.63) is 48.0 Å². The van der Waals surface area contributed by atoms with Crippen LogP contribution in [0.4, 0.5) is 5.69 Å². The summed E-state index contributed by atoms with van der Waals surface area (Å²) in [5.74, 6) is -0.407. The SMILES string of the molecule is COc1ccc(OC)c(NC(=O)C(=O)NCCc2ccc(O)cc2)c1. The first-order valence-corrected chi connectivity index (χ1v) is 7.62. The molecule has 25 heavy (non-hydrogen) atoms. The van der Waals surface area contributed by atoms with Crippen molar-refractivity contribution >= 4 is 17.5 Å². The van der Waals surface area contributed by atoms with Crippen LogP contribution in [0.1, 0.15) is 5.56 Å². The number of hydrogen-bond donors (Lipinski definition) is 3. The number of rotatable bonds is 6. The highest BCUT2D eigenvalue weighted by molar-refractivity contribution is 6.39. The van der Waals surface area contributed by atoms with Gasteiger partial charge in [-0.25, -0.2) is 0 Å². The summed E-state index contributed by atoms with van der Waals surface area (Å²) >= 11 is 0. The Hall–Kier alpha value is -3.22. The highest BCUT2D eigenvalue weighted by Crippen LogP contribution is 2.28. The number of methoxy groups -OCH3 is 2. The normalized spacial score (nSPS) is 10.0. The van der Waals surface area contributed by atoms with Crippen LogP contribution >= 0.6 is 0 Å². The lowest BCUT2D eigenvalue weighted by Crippen LogP contribution is -2.36. The van der Waals surface area contributed by atoms with Crippen molar-refractivity contribution in [3.8, 4) is 17.2 Å². The van der Waals surface area contributed by atoms with Crippen molar-refractivity contribution < 1.29 is 24.2 Å². The second-order valence-electron chi connectivity index (χ2n) is 5.19. The van der Waals surface area contributed by atoms with E-state index in [2.05, 4.69) is 10.6 Å². The molecule has 0 aromatic heterocycles. The van der Waals surface area contributed by atoms with E-state index in [0.29, 0.717) is 30.2 Å². The van der Waals surface area contributed by atoms with Gasteiger partial charge in [0.1, 0.15) is 17.2 Å². The van der Waals surface area contributed by atoms with Crippen LogP contribution in [0.2, 0.25) is 0 Å². The Kier molecular flexibility index (Phi) is 6.22. The Bertz CT molecular complexity index is 744. The molecule has 0 unspecified atom stereocenters. The summed E-state index contributed by atoms with van der Waals surface area (Å²) in [5.41, 5.74) is 1.29. The number of amides is 2. The molecule has 2 amide bonds. The molecule has 2 rings (SSSR count). The van der Waals surface area contributed by atoms with Gasteiger partial charge in [0.2, 0.25) is 0 Å². The summed E-state index contributed by atoms with van der Waals surface area (Å²) in [7, 11) is 2.97. The van der Waals surface area contributed by atoms with Crippen molar-refractivity contribution in [2.45, 2.75) is 6.42 Å². The second kappa shape index (κ2) is 8.58. The summed E-state index contributed by atoms with van der Waals surface area (Å²) in [4.78, 5) is 23.9. The number of hydrogen-bond acceptors (Lipinski definition) is 5. The summed E-state index contributed by atoms with van der Waals surface area (Å²) < 4.78 is 10.2. The third kappa shape index (κ3) is 5.13. The molecular formula is C18H20N2O5. The first kappa shape index (κ1) is 18.1. The molecule has 7 nitrogen and oxygen atoms in total. The van der Waals surface area contributed by atoms with Gasteiger partial charge in [0.05, 0.1) is 19.9 Å². The number of phenols is 1. The minimum atomic E-state index is -0.794. The monoisotopic (exact) mass is 344 g/mol. The zero-order valence-corrected chi connectivity index (χ0v) is 14.0. The Morgan fingerprint density at radius 2 is 1.72 bits per heavy atom. The lowest BCUT2D eigenvalue weighted by Gasteiger charge is -2.11. The van der Waals surface area contributed by atoms with E-state index in [-0.39, 0.29) is 5.75 Å². The molecule has 0 aliphatic heterocycles. The highest BCUT2D eigenvalue weighted by Gasteiger charge is 2.16. The lowest BCUT2D eigenvalue weighted by atomic mass is 10.1. The predicted molar refractivity (Wildman–Crippen MR) is 93.0 cm³/mol. The first-order valence-electron chi connectivity index (χ1n) is 7.62. The van der Waals surface area contributed by atoms with E-state index < -0.39 is 11.8 Å². The molecule has 0 spiro atoms. The fourth-order valence-electron chi connectivity index (χ4n) is 2.15. The molecule has 2 aromatic carbocycles. The second-order valence-corrected chi connectivity index (χ2v) is 5.19. The number of nitrogens with one attached hydrogen (secondary N) is 2. The quantitative estimate of drug-likeness (QED) is 0.693. The molecule has 0 bridgehead atoms. The Balaban J connectivity index is 1.89. The van der Waals surface area contributed by atoms with E-state index in [1.807, 2.05) is 0 Å². The Morgan fingerprint density at radius 1 is 1.00 bits per heavy atom. The van der Waals surface area contributed by atoms with Crippen LogP contribution in [0.25, 0.3) is 0 Å². The molecular weight excluding hydrogens is 324 g/mol. The van der Waals surface area contributed by atoms with Gasteiger partial charge in [0.25, 0.3) is 0 Å². The number of phenolic OH excluding ortho intramolecular Hbond substituents is 1. The maximum Gasteiger partial charge on any atom is 0.313 e. The molecule has 0 aliphatic rings. The molecule has 0 atom stereocenters. The van der Waals surface area contributed by atoms with E-state index in [1.54, 1.807) is 42.5 Å². The lowest BCUT2D eigenvalue weighted by molar-refractivity contribution is -0.136. The fourth-order valence-corrected chi connectivity index (χ4v) is 2.15. The number of benzene rings is 2. The highest BCUT2D eigenvalue weighted by atomic mass is 16.5. The molecule has 0 heterocycles. The van der Waals surface area contributed by atoms with Crippen molar-refractivity contribution in [1.29, 1.82) is 0 Å². The van der Waals surface area contributed by atoms with Crippen LogP contribution in [0, 0.1) is 0 Å². The maximum absolute atomic E-state index is 12.0. The molecule has 0 saturated carbocycles. The van der Waals surface area contributed by atoms with Crippen LogP contribution in [0.15, 0.2) is 42.5 Å². The van der Waals surface area contributed by atoms with E-state index >= 15 is 0 Å². The maximum atomic E-state index is 12.0. The van der Waals surface area contributed by atoms with E-state index in [0.717, 1.165) is 5.56 Å². The largest absolute Gasteiger partial charge is 0.508 e.